The van der Waals surface area contributed by atoms with Crippen LogP contribution in [0.25, 0.3) is 12.2 Å². The number of carbonyl (C=O) groups is 1. The predicted molar refractivity (Wildman–Crippen MR) is 98.3 cm³/mol. The highest BCUT2D eigenvalue weighted by Crippen LogP contribution is 2.40. The van der Waals surface area contributed by atoms with E-state index in [0.717, 1.165) is 37.1 Å². The van der Waals surface area contributed by atoms with Crippen LogP contribution < -0.4 is 0 Å². The Bertz CT molecular complexity index is 948. The van der Waals surface area contributed by atoms with Gasteiger partial charge in [0, 0.05) is 23.2 Å². The number of fused-ring (bicyclic) bond motifs is 2. The van der Waals surface area contributed by atoms with Gasteiger partial charge in [-0.1, -0.05) is 12.1 Å². The molecule has 0 saturated carbocycles. The fourth-order valence-corrected chi connectivity index (χ4v) is 4.05. The summed E-state index contributed by atoms with van der Waals surface area (Å²) in [7, 11) is 1.90. The second-order valence-corrected chi connectivity index (χ2v) is 7.15. The van der Waals surface area contributed by atoms with Crippen LogP contribution in [0.5, 0.6) is 0 Å². The second-order valence-electron chi connectivity index (χ2n) is 7.15. The monoisotopic (exact) mass is 387 g/mol. The molecule has 0 amide bonds. The van der Waals surface area contributed by atoms with Gasteiger partial charge in [-0.15, -0.1) is 0 Å². The number of rotatable bonds is 2. The molecule has 2 bridgehead atoms. The lowest BCUT2D eigenvalue weighted by atomic mass is 9.88. The Kier molecular flexibility index (Phi) is 4.67. The van der Waals surface area contributed by atoms with E-state index in [4.69, 9.17) is 0 Å². The molecule has 144 valence electrons. The first kappa shape index (κ1) is 18.6. The molecule has 2 atom stereocenters. The van der Waals surface area contributed by atoms with Crippen LogP contribution in [-0.2, 0) is 4.79 Å². The molecule has 2 aromatic carbocycles. The quantitative estimate of drug-likeness (QED) is 0.547. The summed E-state index contributed by atoms with van der Waals surface area (Å²) in [5, 5.41) is 0. The lowest BCUT2D eigenvalue weighted by Gasteiger charge is -2.34. The summed E-state index contributed by atoms with van der Waals surface area (Å²) in [5.74, 6) is -4.07. The van der Waals surface area contributed by atoms with Gasteiger partial charge in [0.05, 0.1) is 0 Å². The van der Waals surface area contributed by atoms with Crippen LogP contribution in [0.1, 0.15) is 24.0 Å². The molecule has 2 nitrogen and oxygen atoms in total. The summed E-state index contributed by atoms with van der Waals surface area (Å²) >= 11 is 0. The number of hydrogen-bond donors (Lipinski definition) is 0. The number of piperidine rings is 1. The van der Waals surface area contributed by atoms with E-state index in [0.29, 0.717) is 22.3 Å². The third-order valence-corrected chi connectivity index (χ3v) is 5.47. The number of halogens is 4. The molecule has 0 radical (unpaired) electrons. The maximum Gasteiger partial charge on any atom is 0.188 e. The molecule has 0 spiro atoms. The van der Waals surface area contributed by atoms with Crippen molar-refractivity contribution in [3.8, 4) is 0 Å². The highest BCUT2D eigenvalue weighted by Gasteiger charge is 2.44. The largest absolute Gasteiger partial charge is 0.292 e. The molecule has 2 aromatic rings. The van der Waals surface area contributed by atoms with Gasteiger partial charge in [-0.05, 0) is 67.4 Å². The lowest BCUT2D eigenvalue weighted by Crippen LogP contribution is -2.43. The third kappa shape index (κ3) is 3.18. The Morgan fingerprint density at radius 1 is 0.786 bits per heavy atom. The highest BCUT2D eigenvalue weighted by molar-refractivity contribution is 6.16. The van der Waals surface area contributed by atoms with E-state index in [1.54, 1.807) is 12.2 Å². The molecular weight excluding hydrogens is 370 g/mol. The van der Waals surface area contributed by atoms with Gasteiger partial charge in [0.15, 0.2) is 29.1 Å². The molecule has 2 unspecified atom stereocenters. The molecular formula is C22H17F4NO. The van der Waals surface area contributed by atoms with Crippen LogP contribution in [0, 0.1) is 23.3 Å². The van der Waals surface area contributed by atoms with Crippen LogP contribution in [0.4, 0.5) is 17.6 Å². The topological polar surface area (TPSA) is 20.3 Å². The standard InChI is InChI=1S/C22H17F4NO/c1-27-20-6-7-21(27)15(9-13-3-5-17(24)19(26)11-13)22(28)14(20)8-12-2-4-16(23)18(25)10-12/h2-5,8-11,20-21H,6-7H2,1H3. The molecule has 2 saturated heterocycles. The van der Waals surface area contributed by atoms with E-state index in [1.807, 2.05) is 7.05 Å². The molecule has 0 aromatic heterocycles. The van der Waals surface area contributed by atoms with Crippen LogP contribution >= 0.6 is 0 Å². The summed E-state index contributed by atoms with van der Waals surface area (Å²) in [4.78, 5) is 15.2. The molecule has 6 heteroatoms. The van der Waals surface area contributed by atoms with Crippen molar-refractivity contribution >= 4 is 17.9 Å². The Morgan fingerprint density at radius 3 is 1.61 bits per heavy atom. The van der Waals surface area contributed by atoms with Crippen molar-refractivity contribution in [2.75, 3.05) is 7.05 Å². The number of ketones is 1. The van der Waals surface area contributed by atoms with Gasteiger partial charge < -0.3 is 0 Å². The van der Waals surface area contributed by atoms with Crippen molar-refractivity contribution in [2.24, 2.45) is 0 Å². The molecule has 2 aliphatic rings. The van der Waals surface area contributed by atoms with E-state index in [1.165, 1.54) is 12.1 Å². The average Bonchev–Trinajstić information content (AvgIpc) is 2.97. The Hall–Kier alpha value is -2.73. The zero-order valence-corrected chi connectivity index (χ0v) is 15.1. The van der Waals surface area contributed by atoms with Crippen LogP contribution in [0.3, 0.4) is 0 Å². The van der Waals surface area contributed by atoms with Crippen LogP contribution in [0.15, 0.2) is 47.5 Å². The van der Waals surface area contributed by atoms with E-state index < -0.39 is 23.3 Å². The fourth-order valence-electron chi connectivity index (χ4n) is 4.05. The van der Waals surface area contributed by atoms with Gasteiger partial charge in [0.25, 0.3) is 0 Å². The maximum absolute atomic E-state index is 13.6. The zero-order valence-electron chi connectivity index (χ0n) is 15.1. The highest BCUT2D eigenvalue weighted by atomic mass is 19.2. The van der Waals surface area contributed by atoms with Gasteiger partial charge in [-0.3, -0.25) is 9.69 Å². The first-order valence-electron chi connectivity index (χ1n) is 8.95. The predicted octanol–water partition coefficient (Wildman–Crippen LogP) is 4.76. The Balaban J connectivity index is 1.77. The minimum atomic E-state index is -0.979. The van der Waals surface area contributed by atoms with Crippen molar-refractivity contribution in [1.29, 1.82) is 0 Å². The van der Waals surface area contributed by atoms with Crippen molar-refractivity contribution in [3.05, 3.63) is 81.9 Å². The van der Waals surface area contributed by atoms with Gasteiger partial charge in [0.1, 0.15) is 0 Å². The maximum atomic E-state index is 13.6. The van der Waals surface area contributed by atoms with Crippen molar-refractivity contribution in [3.63, 3.8) is 0 Å². The minimum Gasteiger partial charge on any atom is -0.292 e. The summed E-state index contributed by atoms with van der Waals surface area (Å²) in [6.07, 6.45) is 4.65. The van der Waals surface area contributed by atoms with Crippen LogP contribution in [-0.4, -0.2) is 29.8 Å². The molecule has 2 heterocycles. The van der Waals surface area contributed by atoms with Gasteiger partial charge in [-0.2, -0.15) is 0 Å². The van der Waals surface area contributed by atoms with Crippen molar-refractivity contribution in [2.45, 2.75) is 24.9 Å². The number of nitrogens with zero attached hydrogens (tertiary/aromatic N) is 1. The molecule has 28 heavy (non-hydrogen) atoms. The first-order chi connectivity index (χ1) is 13.3. The van der Waals surface area contributed by atoms with E-state index in [2.05, 4.69) is 4.90 Å². The molecule has 4 rings (SSSR count). The number of hydrogen-bond acceptors (Lipinski definition) is 2. The Morgan fingerprint density at radius 2 is 1.21 bits per heavy atom. The number of Topliss-reactive ketones (excluding diaryl/α,β-unsaturated/α-hetero) is 1. The Labute approximate surface area is 159 Å². The smallest absolute Gasteiger partial charge is 0.188 e. The second kappa shape index (κ2) is 7.02. The van der Waals surface area contributed by atoms with E-state index >= 15 is 0 Å². The minimum absolute atomic E-state index is 0.118. The molecule has 2 aliphatic heterocycles. The number of likely N-dealkylation sites (N-methyl/N-ethyl adjacent to an activating group) is 1. The zero-order chi connectivity index (χ0) is 20.0. The first-order valence-corrected chi connectivity index (χ1v) is 8.95. The summed E-state index contributed by atoms with van der Waals surface area (Å²) < 4.78 is 53.5. The van der Waals surface area contributed by atoms with Crippen molar-refractivity contribution < 1.29 is 22.4 Å². The van der Waals surface area contributed by atoms with Gasteiger partial charge in [-0.25, -0.2) is 17.6 Å². The summed E-state index contributed by atoms with van der Waals surface area (Å²) in [6, 6.07) is 6.74. The average molecular weight is 387 g/mol. The fraction of sp³-hybridized carbons (Fsp3) is 0.227. The summed E-state index contributed by atoms with van der Waals surface area (Å²) in [6.45, 7) is 0. The van der Waals surface area contributed by atoms with Gasteiger partial charge >= 0.3 is 0 Å². The molecule has 0 N–H and O–H groups in total. The van der Waals surface area contributed by atoms with E-state index in [-0.39, 0.29) is 17.9 Å². The summed E-state index contributed by atoms with van der Waals surface area (Å²) in [5.41, 5.74) is 1.76. The lowest BCUT2D eigenvalue weighted by molar-refractivity contribution is -0.114. The molecule has 0 aliphatic carbocycles. The van der Waals surface area contributed by atoms with Crippen LogP contribution in [0.2, 0.25) is 0 Å². The SMILES string of the molecule is CN1C2CCC1C(=Cc1ccc(F)c(F)c1)C(=O)C2=Cc1ccc(F)c(F)c1. The van der Waals surface area contributed by atoms with E-state index in [9.17, 15) is 22.4 Å². The molecule has 2 fully saturated rings. The number of carbonyl (C=O) groups excluding carboxylic acids is 1. The third-order valence-electron chi connectivity index (χ3n) is 5.47. The normalized spacial score (nSPS) is 25.1. The number of benzene rings is 2. The van der Waals surface area contributed by atoms with Crippen molar-refractivity contribution in [1.82, 2.24) is 4.90 Å². The van der Waals surface area contributed by atoms with Gasteiger partial charge in [0.2, 0.25) is 0 Å².